The normalized spacial score (nSPS) is 10.9. The molecule has 0 aliphatic heterocycles. The van der Waals surface area contributed by atoms with E-state index in [1.54, 1.807) is 11.3 Å². The van der Waals surface area contributed by atoms with Gasteiger partial charge in [-0.1, -0.05) is 41.1 Å². The zero-order chi connectivity index (χ0) is 15.5. The number of rotatable bonds is 4. The van der Waals surface area contributed by atoms with Gasteiger partial charge in [-0.3, -0.25) is 0 Å². The lowest BCUT2D eigenvalue weighted by molar-refractivity contribution is 0.628. The van der Waals surface area contributed by atoms with Crippen LogP contribution in [0, 0.1) is 5.82 Å². The molecule has 0 atom stereocenters. The zero-order valence-corrected chi connectivity index (χ0v) is 14.7. The molecule has 0 aliphatic carbocycles. The molecule has 2 aromatic carbocycles. The largest absolute Gasteiger partial charge is 0.207 e. The van der Waals surface area contributed by atoms with Crippen LogP contribution in [0.4, 0.5) is 4.39 Å². The molecular formula is C19H16BrFS. The van der Waals surface area contributed by atoms with Crippen molar-refractivity contribution in [2.45, 2.75) is 19.8 Å². The lowest BCUT2D eigenvalue weighted by Gasteiger charge is -2.07. The molecule has 3 heteroatoms. The molecule has 0 saturated heterocycles. The summed E-state index contributed by atoms with van der Waals surface area (Å²) in [6.07, 6.45) is 1.98. The van der Waals surface area contributed by atoms with Crippen LogP contribution in [0.3, 0.4) is 0 Å². The van der Waals surface area contributed by atoms with Crippen molar-refractivity contribution >= 4 is 27.3 Å². The maximum absolute atomic E-state index is 13.0. The summed E-state index contributed by atoms with van der Waals surface area (Å²) in [6, 6.07) is 17.5. The Morgan fingerprint density at radius 2 is 1.73 bits per heavy atom. The van der Waals surface area contributed by atoms with E-state index in [0.717, 1.165) is 22.9 Å². The Bertz CT molecular complexity index is 774. The van der Waals surface area contributed by atoms with Crippen molar-refractivity contribution in [3.8, 4) is 10.4 Å². The van der Waals surface area contributed by atoms with Gasteiger partial charge in [0.2, 0.25) is 0 Å². The van der Waals surface area contributed by atoms with Gasteiger partial charge in [-0.15, -0.1) is 11.3 Å². The van der Waals surface area contributed by atoms with Gasteiger partial charge < -0.3 is 0 Å². The second-order valence-corrected chi connectivity index (χ2v) is 7.30. The molecule has 0 aliphatic rings. The highest BCUT2D eigenvalue weighted by atomic mass is 79.9. The van der Waals surface area contributed by atoms with Crippen molar-refractivity contribution in [3.63, 3.8) is 0 Å². The molecule has 0 unspecified atom stereocenters. The molecule has 0 amide bonds. The van der Waals surface area contributed by atoms with Gasteiger partial charge in [0, 0.05) is 20.6 Å². The molecule has 1 aromatic heterocycles. The van der Waals surface area contributed by atoms with Gasteiger partial charge in [0.1, 0.15) is 5.82 Å². The molecule has 0 radical (unpaired) electrons. The van der Waals surface area contributed by atoms with Crippen LogP contribution in [0.15, 0.2) is 59.1 Å². The first-order valence-electron chi connectivity index (χ1n) is 7.27. The van der Waals surface area contributed by atoms with E-state index in [1.807, 2.05) is 12.1 Å². The summed E-state index contributed by atoms with van der Waals surface area (Å²) in [5.41, 5.74) is 3.83. The molecular weight excluding hydrogens is 359 g/mol. The molecule has 0 bridgehead atoms. The Balaban J connectivity index is 1.85. The van der Waals surface area contributed by atoms with Gasteiger partial charge in [0.05, 0.1) is 0 Å². The number of hydrogen-bond acceptors (Lipinski definition) is 1. The zero-order valence-electron chi connectivity index (χ0n) is 12.3. The molecule has 3 rings (SSSR count). The molecule has 0 N–H and O–H groups in total. The van der Waals surface area contributed by atoms with Crippen LogP contribution in [0.1, 0.15) is 22.9 Å². The first kappa shape index (κ1) is 15.4. The molecule has 3 aromatic rings. The predicted octanol–water partition coefficient (Wildman–Crippen LogP) is 6.47. The highest BCUT2D eigenvalue weighted by Gasteiger charge is 2.07. The third-order valence-electron chi connectivity index (χ3n) is 3.70. The van der Waals surface area contributed by atoms with E-state index < -0.39 is 0 Å². The minimum absolute atomic E-state index is 0.192. The topological polar surface area (TPSA) is 0 Å². The van der Waals surface area contributed by atoms with Crippen LogP contribution in [-0.4, -0.2) is 0 Å². The Labute approximate surface area is 142 Å². The van der Waals surface area contributed by atoms with Crippen LogP contribution >= 0.6 is 27.3 Å². The first-order valence-corrected chi connectivity index (χ1v) is 8.88. The Morgan fingerprint density at radius 3 is 2.45 bits per heavy atom. The fourth-order valence-corrected chi connectivity index (χ4v) is 3.98. The van der Waals surface area contributed by atoms with Crippen LogP contribution in [0.2, 0.25) is 0 Å². The summed E-state index contributed by atoms with van der Waals surface area (Å²) < 4.78 is 14.1. The molecule has 0 saturated carbocycles. The molecule has 1 heterocycles. The van der Waals surface area contributed by atoms with Gasteiger partial charge >= 0.3 is 0 Å². The first-order chi connectivity index (χ1) is 10.7. The summed E-state index contributed by atoms with van der Waals surface area (Å²) in [7, 11) is 0. The van der Waals surface area contributed by atoms with E-state index in [2.05, 4.69) is 53.2 Å². The highest BCUT2D eigenvalue weighted by Crippen LogP contribution is 2.30. The van der Waals surface area contributed by atoms with Crippen LogP contribution in [-0.2, 0) is 12.8 Å². The highest BCUT2D eigenvalue weighted by molar-refractivity contribution is 9.10. The lowest BCUT2D eigenvalue weighted by atomic mass is 10.0. The van der Waals surface area contributed by atoms with Crippen molar-refractivity contribution < 1.29 is 4.39 Å². The molecule has 112 valence electrons. The van der Waals surface area contributed by atoms with E-state index in [4.69, 9.17) is 0 Å². The van der Waals surface area contributed by atoms with E-state index in [1.165, 1.54) is 33.0 Å². The maximum atomic E-state index is 13.0. The molecule has 0 fully saturated rings. The molecule has 0 spiro atoms. The lowest BCUT2D eigenvalue weighted by Crippen LogP contribution is -1.92. The van der Waals surface area contributed by atoms with Gasteiger partial charge in [0.25, 0.3) is 0 Å². The van der Waals surface area contributed by atoms with Crippen molar-refractivity contribution in [2.24, 2.45) is 0 Å². The van der Waals surface area contributed by atoms with E-state index in [0.29, 0.717) is 0 Å². The maximum Gasteiger partial charge on any atom is 0.123 e. The van der Waals surface area contributed by atoms with Gasteiger partial charge in [-0.2, -0.15) is 0 Å². The SMILES string of the molecule is CCc1ccc(Br)cc1Cc1ccc(-c2ccc(F)cc2)s1. The smallest absolute Gasteiger partial charge is 0.123 e. The fraction of sp³-hybridized carbons (Fsp3) is 0.158. The average Bonchev–Trinajstić information content (AvgIpc) is 2.97. The third kappa shape index (κ3) is 3.47. The van der Waals surface area contributed by atoms with Crippen molar-refractivity contribution in [1.29, 1.82) is 0 Å². The Morgan fingerprint density at radius 1 is 0.955 bits per heavy atom. The number of benzene rings is 2. The summed E-state index contributed by atoms with van der Waals surface area (Å²) >= 11 is 5.33. The quantitative estimate of drug-likeness (QED) is 0.490. The average molecular weight is 375 g/mol. The second-order valence-electron chi connectivity index (χ2n) is 5.22. The predicted molar refractivity (Wildman–Crippen MR) is 96.0 cm³/mol. The van der Waals surface area contributed by atoms with Crippen LogP contribution < -0.4 is 0 Å². The van der Waals surface area contributed by atoms with Crippen molar-refractivity contribution in [1.82, 2.24) is 0 Å². The second kappa shape index (κ2) is 6.76. The van der Waals surface area contributed by atoms with E-state index in [-0.39, 0.29) is 5.82 Å². The number of halogens is 2. The van der Waals surface area contributed by atoms with Gasteiger partial charge in [-0.25, -0.2) is 4.39 Å². The van der Waals surface area contributed by atoms with E-state index >= 15 is 0 Å². The van der Waals surface area contributed by atoms with Crippen molar-refractivity contribution in [3.05, 3.63) is 80.9 Å². The number of thiophene rings is 1. The Kier molecular flexibility index (Phi) is 4.74. The number of aryl methyl sites for hydroxylation is 1. The fourth-order valence-electron chi connectivity index (χ4n) is 2.53. The summed E-state index contributed by atoms with van der Waals surface area (Å²) in [5.74, 6) is -0.192. The Hall–Kier alpha value is -1.45. The molecule has 22 heavy (non-hydrogen) atoms. The summed E-state index contributed by atoms with van der Waals surface area (Å²) in [5, 5.41) is 0. The standard InChI is InChI=1S/C19H16BrFS/c1-2-13-3-6-16(20)11-15(13)12-18-9-10-19(22-18)14-4-7-17(21)8-5-14/h3-11H,2,12H2,1H3. The minimum Gasteiger partial charge on any atom is -0.207 e. The summed E-state index contributed by atoms with van der Waals surface area (Å²) in [4.78, 5) is 2.51. The van der Waals surface area contributed by atoms with Crippen molar-refractivity contribution in [2.75, 3.05) is 0 Å². The monoisotopic (exact) mass is 374 g/mol. The van der Waals surface area contributed by atoms with E-state index in [9.17, 15) is 4.39 Å². The summed E-state index contributed by atoms with van der Waals surface area (Å²) in [6.45, 7) is 2.19. The third-order valence-corrected chi connectivity index (χ3v) is 5.33. The van der Waals surface area contributed by atoms with Crippen LogP contribution in [0.25, 0.3) is 10.4 Å². The van der Waals surface area contributed by atoms with Gasteiger partial charge in [0.15, 0.2) is 0 Å². The minimum atomic E-state index is -0.192. The number of hydrogen-bond donors (Lipinski definition) is 0. The molecule has 0 nitrogen and oxygen atoms in total. The van der Waals surface area contributed by atoms with Crippen LogP contribution in [0.5, 0.6) is 0 Å². The van der Waals surface area contributed by atoms with Gasteiger partial charge in [-0.05, 0) is 59.5 Å².